The summed E-state index contributed by atoms with van der Waals surface area (Å²) in [5.74, 6) is 1.21. The van der Waals surface area contributed by atoms with Crippen LogP contribution in [0.2, 0.25) is 0 Å². The molecule has 2 amide bonds. The lowest BCUT2D eigenvalue weighted by Crippen LogP contribution is -2.50. The largest absolute Gasteiger partial charge is 0.496 e. The summed E-state index contributed by atoms with van der Waals surface area (Å²) in [6.45, 7) is 5.68. The van der Waals surface area contributed by atoms with Gasteiger partial charge < -0.3 is 24.4 Å². The third kappa shape index (κ3) is 4.73. The van der Waals surface area contributed by atoms with Gasteiger partial charge in [0.05, 0.1) is 32.3 Å². The summed E-state index contributed by atoms with van der Waals surface area (Å²) >= 11 is 3.50. The van der Waals surface area contributed by atoms with Gasteiger partial charge in [0.1, 0.15) is 5.75 Å². The van der Waals surface area contributed by atoms with Crippen LogP contribution in [0.25, 0.3) is 0 Å². The van der Waals surface area contributed by atoms with E-state index in [-0.39, 0.29) is 11.8 Å². The van der Waals surface area contributed by atoms with Crippen molar-refractivity contribution in [3.8, 4) is 17.2 Å². The van der Waals surface area contributed by atoms with Crippen LogP contribution in [-0.2, 0) is 17.8 Å². The summed E-state index contributed by atoms with van der Waals surface area (Å²) in [7, 11) is 1.61. The highest BCUT2D eigenvalue weighted by molar-refractivity contribution is 9.10. The minimum absolute atomic E-state index is 0.0548. The number of hydrogen-bond acceptors (Lipinski definition) is 5. The molecule has 0 saturated carbocycles. The summed E-state index contributed by atoms with van der Waals surface area (Å²) in [5, 5.41) is 3.13. The standard InChI is InChI=1S/C30H31BrN2O5/c1-4-37-25-15-18-12-13-33-28(23(18)16-26(25)38-5-2)27(21-8-6-7-9-22(21)30(33)35)29(34)32-17-19-14-20(31)10-11-24(19)36-3/h6-11,14-16,27-28H,4-5,12-13,17H2,1-3H3,(H,32,34)/t27-,28-/m1/s1. The Morgan fingerprint density at radius 2 is 1.74 bits per heavy atom. The summed E-state index contributed by atoms with van der Waals surface area (Å²) in [6.07, 6.45) is 0.676. The maximum Gasteiger partial charge on any atom is 0.254 e. The number of carbonyl (C=O) groups excluding carboxylic acids is 2. The number of hydrogen-bond donors (Lipinski definition) is 1. The second-order valence-electron chi connectivity index (χ2n) is 9.30. The molecule has 1 N–H and O–H groups in total. The van der Waals surface area contributed by atoms with Gasteiger partial charge in [0, 0.05) is 28.7 Å². The Kier molecular flexibility index (Phi) is 7.61. The first-order valence-electron chi connectivity index (χ1n) is 12.9. The first kappa shape index (κ1) is 26.1. The van der Waals surface area contributed by atoms with E-state index < -0.39 is 12.0 Å². The van der Waals surface area contributed by atoms with Crippen molar-refractivity contribution in [1.29, 1.82) is 0 Å². The van der Waals surface area contributed by atoms with Crippen molar-refractivity contribution in [3.63, 3.8) is 0 Å². The monoisotopic (exact) mass is 578 g/mol. The molecular weight excluding hydrogens is 548 g/mol. The number of amides is 2. The molecule has 0 fully saturated rings. The molecule has 38 heavy (non-hydrogen) atoms. The van der Waals surface area contributed by atoms with Crippen molar-refractivity contribution < 1.29 is 23.8 Å². The average Bonchev–Trinajstić information content (AvgIpc) is 2.92. The Bertz CT molecular complexity index is 1370. The minimum Gasteiger partial charge on any atom is -0.496 e. The Hall–Kier alpha value is -3.52. The van der Waals surface area contributed by atoms with Gasteiger partial charge in [0.2, 0.25) is 5.91 Å². The summed E-state index contributed by atoms with van der Waals surface area (Å²) in [5.41, 5.74) is 4.15. The van der Waals surface area contributed by atoms with Crippen LogP contribution in [0.4, 0.5) is 0 Å². The number of benzene rings is 3. The molecule has 2 atom stereocenters. The molecule has 2 aliphatic heterocycles. The van der Waals surface area contributed by atoms with Gasteiger partial charge in [-0.3, -0.25) is 9.59 Å². The van der Waals surface area contributed by atoms with Crippen LogP contribution >= 0.6 is 15.9 Å². The molecule has 0 aliphatic carbocycles. The Morgan fingerprint density at radius 1 is 1.00 bits per heavy atom. The van der Waals surface area contributed by atoms with E-state index in [0.717, 1.165) is 26.7 Å². The summed E-state index contributed by atoms with van der Waals surface area (Å²) < 4.78 is 18.2. The van der Waals surface area contributed by atoms with Gasteiger partial charge in [-0.2, -0.15) is 0 Å². The lowest BCUT2D eigenvalue weighted by Gasteiger charge is -2.45. The highest BCUT2D eigenvalue weighted by atomic mass is 79.9. The van der Waals surface area contributed by atoms with E-state index in [4.69, 9.17) is 14.2 Å². The van der Waals surface area contributed by atoms with Gasteiger partial charge in [-0.1, -0.05) is 34.1 Å². The van der Waals surface area contributed by atoms with Crippen molar-refractivity contribution in [1.82, 2.24) is 10.2 Å². The van der Waals surface area contributed by atoms with E-state index in [9.17, 15) is 9.59 Å². The van der Waals surface area contributed by atoms with Gasteiger partial charge >= 0.3 is 0 Å². The van der Waals surface area contributed by atoms with Crippen LogP contribution in [-0.4, -0.2) is 43.6 Å². The van der Waals surface area contributed by atoms with Crippen LogP contribution in [0.5, 0.6) is 17.2 Å². The van der Waals surface area contributed by atoms with Crippen molar-refractivity contribution in [2.75, 3.05) is 26.9 Å². The molecule has 198 valence electrons. The summed E-state index contributed by atoms with van der Waals surface area (Å²) in [4.78, 5) is 29.5. The molecule has 0 aromatic heterocycles. The van der Waals surface area contributed by atoms with Gasteiger partial charge in [-0.05, 0) is 73.4 Å². The van der Waals surface area contributed by atoms with Crippen LogP contribution in [0.1, 0.15) is 58.4 Å². The van der Waals surface area contributed by atoms with Crippen LogP contribution in [0.15, 0.2) is 59.1 Å². The zero-order valence-corrected chi connectivity index (χ0v) is 23.3. The lowest BCUT2D eigenvalue weighted by molar-refractivity contribution is -0.124. The molecule has 3 aromatic carbocycles. The van der Waals surface area contributed by atoms with Crippen molar-refractivity contribution in [2.45, 2.75) is 38.8 Å². The molecule has 2 heterocycles. The Balaban J connectivity index is 1.57. The van der Waals surface area contributed by atoms with E-state index in [1.54, 1.807) is 7.11 Å². The van der Waals surface area contributed by atoms with E-state index in [1.165, 1.54) is 0 Å². The lowest BCUT2D eigenvalue weighted by atomic mass is 9.75. The number of halogens is 1. The quantitative estimate of drug-likeness (QED) is 0.387. The molecule has 0 saturated heterocycles. The third-order valence-electron chi connectivity index (χ3n) is 7.16. The fraction of sp³-hybridized carbons (Fsp3) is 0.333. The highest BCUT2D eigenvalue weighted by Crippen LogP contribution is 2.48. The van der Waals surface area contributed by atoms with Crippen molar-refractivity contribution in [2.24, 2.45) is 0 Å². The molecular formula is C30H31BrN2O5. The molecule has 3 aromatic rings. The second-order valence-corrected chi connectivity index (χ2v) is 10.2. The van der Waals surface area contributed by atoms with Gasteiger partial charge in [0.15, 0.2) is 11.5 Å². The van der Waals surface area contributed by atoms with Gasteiger partial charge in [0.25, 0.3) is 5.91 Å². The molecule has 8 heteroatoms. The van der Waals surface area contributed by atoms with Gasteiger partial charge in [-0.25, -0.2) is 0 Å². The number of methoxy groups -OCH3 is 1. The van der Waals surface area contributed by atoms with Crippen LogP contribution in [0.3, 0.4) is 0 Å². The molecule has 0 unspecified atom stereocenters. The smallest absolute Gasteiger partial charge is 0.254 e. The normalized spacial score (nSPS) is 17.7. The number of carbonyl (C=O) groups is 2. The first-order chi connectivity index (χ1) is 18.5. The number of rotatable bonds is 8. The topological polar surface area (TPSA) is 77.1 Å². The zero-order chi connectivity index (χ0) is 26.8. The maximum absolute atomic E-state index is 14.0. The van der Waals surface area contributed by atoms with E-state index in [0.29, 0.717) is 55.5 Å². The molecule has 0 spiro atoms. The fourth-order valence-corrected chi connectivity index (χ4v) is 5.94. The van der Waals surface area contributed by atoms with E-state index >= 15 is 0 Å². The van der Waals surface area contributed by atoms with Gasteiger partial charge in [-0.15, -0.1) is 0 Å². The maximum atomic E-state index is 14.0. The number of nitrogens with one attached hydrogen (secondary N) is 1. The Labute approximate surface area is 231 Å². The highest BCUT2D eigenvalue weighted by Gasteiger charge is 2.46. The summed E-state index contributed by atoms with van der Waals surface area (Å²) in [6, 6.07) is 16.6. The fourth-order valence-electron chi connectivity index (χ4n) is 5.53. The molecule has 7 nitrogen and oxygen atoms in total. The first-order valence-corrected chi connectivity index (χ1v) is 13.7. The predicted octanol–water partition coefficient (Wildman–Crippen LogP) is 5.41. The van der Waals surface area contributed by atoms with Crippen molar-refractivity contribution in [3.05, 3.63) is 86.9 Å². The van der Waals surface area contributed by atoms with Crippen LogP contribution < -0.4 is 19.5 Å². The molecule has 5 rings (SSSR count). The number of fused-ring (bicyclic) bond motifs is 4. The Morgan fingerprint density at radius 3 is 2.47 bits per heavy atom. The SMILES string of the molecule is CCOc1cc2c(cc1OCC)[C@@H]1[C@H](C(=O)NCc3cc(Br)ccc3OC)c3ccccc3C(=O)N1CC2. The number of ether oxygens (including phenoxy) is 3. The molecule has 2 aliphatic rings. The van der Waals surface area contributed by atoms with Crippen LogP contribution in [0, 0.1) is 0 Å². The van der Waals surface area contributed by atoms with E-state index in [1.807, 2.05) is 73.3 Å². The van der Waals surface area contributed by atoms with Crippen molar-refractivity contribution >= 4 is 27.7 Å². The third-order valence-corrected chi connectivity index (χ3v) is 7.66. The molecule has 0 radical (unpaired) electrons. The predicted molar refractivity (Wildman–Crippen MR) is 148 cm³/mol. The molecule has 0 bridgehead atoms. The van der Waals surface area contributed by atoms with E-state index in [2.05, 4.69) is 21.2 Å². The average molecular weight is 579 g/mol. The minimum atomic E-state index is -0.589. The number of nitrogens with zero attached hydrogens (tertiary/aromatic N) is 1. The second kappa shape index (κ2) is 11.1. The zero-order valence-electron chi connectivity index (χ0n) is 21.8.